The lowest BCUT2D eigenvalue weighted by molar-refractivity contribution is -0.117. The van der Waals surface area contributed by atoms with E-state index in [4.69, 9.17) is 5.26 Å². The maximum atomic E-state index is 10.2. The summed E-state index contributed by atoms with van der Waals surface area (Å²) in [4.78, 5) is 11.7. The van der Waals surface area contributed by atoms with E-state index < -0.39 is 0 Å². The Balaban J connectivity index is 3.41. The Kier molecular flexibility index (Phi) is 5.99. The van der Waals surface area contributed by atoms with Crippen LogP contribution in [0, 0.1) is 11.3 Å². The molecule has 0 bridgehead atoms. The molecule has 0 spiro atoms. The highest BCUT2D eigenvalue weighted by atomic mass is 32.1. The Bertz CT molecular complexity index is 132. The van der Waals surface area contributed by atoms with E-state index in [0.29, 0.717) is 25.3 Å². The fourth-order valence-electron chi connectivity index (χ4n) is 0.539. The van der Waals surface area contributed by atoms with E-state index >= 15 is 0 Å². The molecule has 0 fully saturated rings. The van der Waals surface area contributed by atoms with Gasteiger partial charge >= 0.3 is 0 Å². The molecule has 0 aromatic carbocycles. The molecular weight excluding hydrogens is 148 g/mol. The van der Waals surface area contributed by atoms with Crippen LogP contribution in [0.5, 0.6) is 0 Å². The Labute approximate surface area is 66.0 Å². The lowest BCUT2D eigenvalue weighted by atomic mass is 10.4. The average Bonchev–Trinajstić information content (AvgIpc) is 1.98. The van der Waals surface area contributed by atoms with E-state index in [2.05, 4.69) is 12.6 Å². The van der Waals surface area contributed by atoms with Gasteiger partial charge in [0.25, 0.3) is 0 Å². The van der Waals surface area contributed by atoms with Gasteiger partial charge in [-0.05, 0) is 0 Å². The molecule has 0 aliphatic rings. The maximum Gasteiger partial charge on any atom is 0.209 e. The fourth-order valence-corrected chi connectivity index (χ4v) is 0.796. The molecule has 0 aliphatic carbocycles. The average molecular weight is 158 g/mol. The van der Waals surface area contributed by atoms with E-state index in [-0.39, 0.29) is 0 Å². The summed E-state index contributed by atoms with van der Waals surface area (Å²) >= 11 is 3.95. The van der Waals surface area contributed by atoms with Gasteiger partial charge in [0.15, 0.2) is 0 Å². The van der Waals surface area contributed by atoms with Gasteiger partial charge in [-0.15, -0.1) is 0 Å². The van der Waals surface area contributed by atoms with E-state index in [1.807, 2.05) is 6.07 Å². The predicted molar refractivity (Wildman–Crippen MR) is 41.7 cm³/mol. The van der Waals surface area contributed by atoms with Gasteiger partial charge in [0.05, 0.1) is 12.5 Å². The van der Waals surface area contributed by atoms with Crippen molar-refractivity contribution in [2.75, 3.05) is 18.8 Å². The molecule has 4 heteroatoms. The number of hydrogen-bond acceptors (Lipinski definition) is 3. The zero-order valence-corrected chi connectivity index (χ0v) is 6.55. The SMILES string of the molecule is N#CCCN(C=O)CCS. The van der Waals surface area contributed by atoms with Crippen LogP contribution in [0.3, 0.4) is 0 Å². The number of nitriles is 1. The van der Waals surface area contributed by atoms with Crippen molar-refractivity contribution in [1.29, 1.82) is 5.26 Å². The second kappa shape index (κ2) is 6.43. The molecule has 3 nitrogen and oxygen atoms in total. The molecule has 0 rings (SSSR count). The number of amides is 1. The first-order valence-electron chi connectivity index (χ1n) is 3.02. The van der Waals surface area contributed by atoms with Crippen LogP contribution in [0.1, 0.15) is 6.42 Å². The summed E-state index contributed by atoms with van der Waals surface area (Å²) in [5.41, 5.74) is 0. The van der Waals surface area contributed by atoms with Crippen LogP contribution < -0.4 is 0 Å². The summed E-state index contributed by atoms with van der Waals surface area (Å²) in [7, 11) is 0. The Morgan fingerprint density at radius 1 is 1.60 bits per heavy atom. The van der Waals surface area contributed by atoms with Gasteiger partial charge in [-0.3, -0.25) is 4.79 Å². The van der Waals surface area contributed by atoms with Gasteiger partial charge in [0, 0.05) is 18.8 Å². The molecular formula is C6H10N2OS. The first-order chi connectivity index (χ1) is 4.85. The molecule has 1 amide bonds. The molecule has 0 aromatic heterocycles. The van der Waals surface area contributed by atoms with Crippen LogP contribution in [0.25, 0.3) is 0 Å². The summed E-state index contributed by atoms with van der Waals surface area (Å²) in [6.07, 6.45) is 1.14. The number of carbonyl (C=O) groups excluding carboxylic acids is 1. The topological polar surface area (TPSA) is 44.1 Å². The highest BCUT2D eigenvalue weighted by Gasteiger charge is 1.96. The monoisotopic (exact) mass is 158 g/mol. The van der Waals surface area contributed by atoms with Crippen LogP contribution >= 0.6 is 12.6 Å². The fraction of sp³-hybridized carbons (Fsp3) is 0.667. The van der Waals surface area contributed by atoms with Gasteiger partial charge in [-0.2, -0.15) is 17.9 Å². The highest BCUT2D eigenvalue weighted by Crippen LogP contribution is 1.87. The number of hydrogen-bond donors (Lipinski definition) is 1. The Hall–Kier alpha value is -0.690. The number of nitrogens with zero attached hydrogens (tertiary/aromatic N) is 2. The summed E-state index contributed by atoms with van der Waals surface area (Å²) in [5.74, 6) is 0.643. The van der Waals surface area contributed by atoms with Crippen LogP contribution in [0.2, 0.25) is 0 Å². The van der Waals surface area contributed by atoms with E-state index in [9.17, 15) is 4.79 Å². The van der Waals surface area contributed by atoms with Crippen LogP contribution in [0.15, 0.2) is 0 Å². The molecule has 56 valence electrons. The third-order valence-corrected chi connectivity index (χ3v) is 1.25. The summed E-state index contributed by atoms with van der Waals surface area (Å²) in [5, 5.41) is 8.17. The quantitative estimate of drug-likeness (QED) is 0.461. The third-order valence-electron chi connectivity index (χ3n) is 1.05. The molecule has 0 unspecified atom stereocenters. The normalized spacial score (nSPS) is 8.40. The minimum Gasteiger partial charge on any atom is -0.343 e. The molecule has 10 heavy (non-hydrogen) atoms. The molecule has 0 N–H and O–H groups in total. The zero-order chi connectivity index (χ0) is 7.82. The number of thiol groups is 1. The van der Waals surface area contributed by atoms with Crippen molar-refractivity contribution in [2.24, 2.45) is 0 Å². The molecule has 0 aromatic rings. The number of rotatable bonds is 5. The van der Waals surface area contributed by atoms with E-state index in [1.165, 1.54) is 4.90 Å². The Morgan fingerprint density at radius 3 is 2.70 bits per heavy atom. The van der Waals surface area contributed by atoms with Crippen LogP contribution in [-0.4, -0.2) is 30.2 Å². The molecule has 0 saturated carbocycles. The van der Waals surface area contributed by atoms with Crippen molar-refractivity contribution >= 4 is 19.0 Å². The van der Waals surface area contributed by atoms with Gasteiger partial charge in [-0.1, -0.05) is 0 Å². The molecule has 0 heterocycles. The predicted octanol–water partition coefficient (Wildman–Crippen LogP) is 0.288. The van der Waals surface area contributed by atoms with Crippen LogP contribution in [-0.2, 0) is 4.79 Å². The van der Waals surface area contributed by atoms with Crippen LogP contribution in [0.4, 0.5) is 0 Å². The van der Waals surface area contributed by atoms with Crippen molar-refractivity contribution in [1.82, 2.24) is 4.90 Å². The number of carbonyl (C=O) groups is 1. The van der Waals surface area contributed by atoms with Crippen molar-refractivity contribution in [2.45, 2.75) is 6.42 Å². The second-order valence-electron chi connectivity index (χ2n) is 1.77. The summed E-state index contributed by atoms with van der Waals surface area (Å²) in [6, 6.07) is 1.97. The van der Waals surface area contributed by atoms with E-state index in [1.54, 1.807) is 0 Å². The highest BCUT2D eigenvalue weighted by molar-refractivity contribution is 7.80. The van der Waals surface area contributed by atoms with Crippen molar-refractivity contribution in [3.63, 3.8) is 0 Å². The lowest BCUT2D eigenvalue weighted by Crippen LogP contribution is -2.24. The van der Waals surface area contributed by atoms with E-state index in [0.717, 1.165) is 6.41 Å². The smallest absolute Gasteiger partial charge is 0.209 e. The molecule has 0 saturated heterocycles. The van der Waals surface area contributed by atoms with Gasteiger partial charge in [0.2, 0.25) is 6.41 Å². The maximum absolute atomic E-state index is 10.2. The molecule has 0 aliphatic heterocycles. The van der Waals surface area contributed by atoms with Gasteiger partial charge in [0.1, 0.15) is 0 Å². The minimum atomic E-state index is 0.395. The first kappa shape index (κ1) is 9.31. The Morgan fingerprint density at radius 2 is 2.30 bits per heavy atom. The third kappa shape index (κ3) is 4.21. The summed E-state index contributed by atoms with van der Waals surface area (Å²) in [6.45, 7) is 1.13. The molecule has 0 radical (unpaired) electrons. The summed E-state index contributed by atoms with van der Waals surface area (Å²) < 4.78 is 0. The lowest BCUT2D eigenvalue weighted by Gasteiger charge is -2.12. The molecule has 0 atom stereocenters. The second-order valence-corrected chi connectivity index (χ2v) is 2.22. The van der Waals surface area contributed by atoms with Gasteiger partial charge in [-0.25, -0.2) is 0 Å². The van der Waals surface area contributed by atoms with Gasteiger partial charge < -0.3 is 4.90 Å². The first-order valence-corrected chi connectivity index (χ1v) is 3.65. The van der Waals surface area contributed by atoms with Crippen molar-refractivity contribution < 1.29 is 4.79 Å². The van der Waals surface area contributed by atoms with Crippen molar-refractivity contribution in [3.8, 4) is 6.07 Å². The standard InChI is InChI=1S/C6H10N2OS/c7-2-1-3-8(6-9)4-5-10/h6,10H,1,3-5H2. The zero-order valence-electron chi connectivity index (χ0n) is 5.66. The largest absolute Gasteiger partial charge is 0.343 e. The van der Waals surface area contributed by atoms with Crippen molar-refractivity contribution in [3.05, 3.63) is 0 Å². The minimum absolute atomic E-state index is 0.395.